The Morgan fingerprint density at radius 1 is 1.21 bits per heavy atom. The summed E-state index contributed by atoms with van der Waals surface area (Å²) in [6.45, 7) is 5.31. The van der Waals surface area contributed by atoms with Crippen molar-refractivity contribution in [2.45, 2.75) is 32.8 Å². The summed E-state index contributed by atoms with van der Waals surface area (Å²) < 4.78 is 13.3. The number of anilines is 1. The number of hydrogen-bond acceptors (Lipinski definition) is 4. The van der Waals surface area contributed by atoms with E-state index in [1.54, 1.807) is 12.1 Å². The van der Waals surface area contributed by atoms with Crippen molar-refractivity contribution < 1.29 is 14.3 Å². The third-order valence-corrected chi connectivity index (χ3v) is 4.94. The van der Waals surface area contributed by atoms with Crippen molar-refractivity contribution in [2.75, 3.05) is 18.5 Å². The molecule has 2 aromatic carbocycles. The normalized spacial score (nSPS) is 16.0. The molecule has 1 fully saturated rings. The first-order chi connectivity index (χ1) is 14.1. The molecule has 1 N–H and O–H groups in total. The summed E-state index contributed by atoms with van der Waals surface area (Å²) in [4.78, 5) is 12.6. The molecule has 0 bridgehead atoms. The Morgan fingerprint density at radius 3 is 2.72 bits per heavy atom. The molecule has 1 aromatic heterocycles. The Morgan fingerprint density at radius 2 is 2.03 bits per heavy atom. The summed E-state index contributed by atoms with van der Waals surface area (Å²) >= 11 is 0. The predicted molar refractivity (Wildman–Crippen MR) is 112 cm³/mol. The second-order valence-corrected chi connectivity index (χ2v) is 7.31. The molecule has 1 amide bonds. The smallest absolute Gasteiger partial charge is 0.255 e. The molecule has 6 nitrogen and oxygen atoms in total. The van der Waals surface area contributed by atoms with Gasteiger partial charge in [0.1, 0.15) is 12.4 Å². The van der Waals surface area contributed by atoms with Gasteiger partial charge in [0, 0.05) is 29.6 Å². The topological polar surface area (TPSA) is 65.4 Å². The summed E-state index contributed by atoms with van der Waals surface area (Å²) in [5.74, 6) is 0.555. The molecular weight excluding hydrogens is 366 g/mol. The van der Waals surface area contributed by atoms with E-state index in [0.717, 1.165) is 42.3 Å². The number of carbonyl (C=O) groups is 1. The molecule has 0 saturated carbocycles. The zero-order chi connectivity index (χ0) is 20.2. The van der Waals surface area contributed by atoms with Crippen molar-refractivity contribution in [1.29, 1.82) is 0 Å². The summed E-state index contributed by atoms with van der Waals surface area (Å²) in [7, 11) is 0. The van der Waals surface area contributed by atoms with Gasteiger partial charge < -0.3 is 14.8 Å². The SMILES string of the molecule is Cc1cc(C)n(-c2ccc(C(=O)Nc3cccc(OCC4CCCO4)c3)cc2)n1. The zero-order valence-corrected chi connectivity index (χ0v) is 16.7. The highest BCUT2D eigenvalue weighted by atomic mass is 16.5. The van der Waals surface area contributed by atoms with Crippen LogP contribution < -0.4 is 10.1 Å². The van der Waals surface area contributed by atoms with Crippen molar-refractivity contribution in [3.8, 4) is 11.4 Å². The molecule has 1 saturated heterocycles. The van der Waals surface area contributed by atoms with Crippen LogP contribution in [0.3, 0.4) is 0 Å². The molecule has 4 rings (SSSR count). The molecule has 1 atom stereocenters. The first kappa shape index (κ1) is 19.2. The second-order valence-electron chi connectivity index (χ2n) is 7.31. The number of hydrogen-bond donors (Lipinski definition) is 1. The quantitative estimate of drug-likeness (QED) is 0.680. The largest absolute Gasteiger partial charge is 0.491 e. The van der Waals surface area contributed by atoms with E-state index >= 15 is 0 Å². The van der Waals surface area contributed by atoms with Gasteiger partial charge in [0.15, 0.2) is 0 Å². The van der Waals surface area contributed by atoms with Gasteiger partial charge in [-0.1, -0.05) is 6.07 Å². The maximum Gasteiger partial charge on any atom is 0.255 e. The average molecular weight is 391 g/mol. The lowest BCUT2D eigenvalue weighted by molar-refractivity contribution is 0.0680. The standard InChI is InChI=1S/C23H25N3O3/c1-16-13-17(2)26(25-16)20-10-8-18(9-11-20)23(27)24-19-5-3-6-21(14-19)29-15-22-7-4-12-28-22/h3,5-6,8-11,13-14,22H,4,7,12,15H2,1-2H3,(H,24,27). The van der Waals surface area contributed by atoms with Crippen molar-refractivity contribution in [2.24, 2.45) is 0 Å². The Hall–Kier alpha value is -3.12. The van der Waals surface area contributed by atoms with Gasteiger partial charge in [-0.3, -0.25) is 4.79 Å². The summed E-state index contributed by atoms with van der Waals surface area (Å²) in [6.07, 6.45) is 2.28. The van der Waals surface area contributed by atoms with Crippen LogP contribution in [-0.2, 0) is 4.74 Å². The van der Waals surface area contributed by atoms with Crippen LogP contribution in [-0.4, -0.2) is 35.0 Å². The highest BCUT2D eigenvalue weighted by molar-refractivity contribution is 6.04. The van der Waals surface area contributed by atoms with Crippen LogP contribution in [0.1, 0.15) is 34.6 Å². The summed E-state index contributed by atoms with van der Waals surface area (Å²) in [5, 5.41) is 7.40. The van der Waals surface area contributed by atoms with Crippen molar-refractivity contribution in [3.05, 3.63) is 71.5 Å². The molecule has 1 aliphatic rings. The molecule has 3 aromatic rings. The highest BCUT2D eigenvalue weighted by Gasteiger charge is 2.16. The van der Waals surface area contributed by atoms with Crippen LogP contribution in [0, 0.1) is 13.8 Å². The average Bonchev–Trinajstić information content (AvgIpc) is 3.36. The van der Waals surface area contributed by atoms with Crippen LogP contribution in [0.2, 0.25) is 0 Å². The van der Waals surface area contributed by atoms with E-state index in [0.29, 0.717) is 17.9 Å². The van der Waals surface area contributed by atoms with E-state index in [1.165, 1.54) is 0 Å². The van der Waals surface area contributed by atoms with Crippen molar-refractivity contribution >= 4 is 11.6 Å². The molecule has 29 heavy (non-hydrogen) atoms. The van der Waals surface area contributed by atoms with E-state index in [-0.39, 0.29) is 12.0 Å². The number of aryl methyl sites for hydroxylation is 2. The van der Waals surface area contributed by atoms with Gasteiger partial charge in [0.05, 0.1) is 17.5 Å². The Bertz CT molecular complexity index is 989. The number of ether oxygens (including phenoxy) is 2. The Balaban J connectivity index is 1.40. The maximum atomic E-state index is 12.6. The molecule has 1 unspecified atom stereocenters. The van der Waals surface area contributed by atoms with E-state index in [4.69, 9.17) is 9.47 Å². The van der Waals surface area contributed by atoms with Crippen molar-refractivity contribution in [3.63, 3.8) is 0 Å². The highest BCUT2D eigenvalue weighted by Crippen LogP contribution is 2.21. The Kier molecular flexibility index (Phi) is 5.62. The van der Waals surface area contributed by atoms with Crippen LogP contribution in [0.25, 0.3) is 5.69 Å². The third kappa shape index (κ3) is 4.66. The fourth-order valence-corrected chi connectivity index (χ4v) is 3.48. The number of benzene rings is 2. The van der Waals surface area contributed by atoms with Crippen molar-refractivity contribution in [1.82, 2.24) is 9.78 Å². The second kappa shape index (κ2) is 8.49. The van der Waals surface area contributed by atoms with Crippen LogP contribution in [0.4, 0.5) is 5.69 Å². The lowest BCUT2D eigenvalue weighted by Gasteiger charge is -2.13. The Labute approximate surface area is 170 Å². The fourth-order valence-electron chi connectivity index (χ4n) is 3.48. The molecule has 0 radical (unpaired) electrons. The van der Waals surface area contributed by atoms with Gasteiger partial charge in [-0.05, 0) is 69.2 Å². The molecule has 0 spiro atoms. The first-order valence-electron chi connectivity index (χ1n) is 9.88. The lowest BCUT2D eigenvalue weighted by atomic mass is 10.2. The number of aromatic nitrogens is 2. The molecule has 0 aliphatic carbocycles. The van der Waals surface area contributed by atoms with Crippen LogP contribution >= 0.6 is 0 Å². The van der Waals surface area contributed by atoms with Gasteiger partial charge in [0.2, 0.25) is 0 Å². The minimum Gasteiger partial charge on any atom is -0.491 e. The number of nitrogens with zero attached hydrogens (tertiary/aromatic N) is 2. The third-order valence-electron chi connectivity index (χ3n) is 4.94. The number of rotatable bonds is 6. The molecular formula is C23H25N3O3. The number of amides is 1. The van der Waals surface area contributed by atoms with Gasteiger partial charge in [-0.2, -0.15) is 5.10 Å². The van der Waals surface area contributed by atoms with Crippen LogP contribution in [0.15, 0.2) is 54.6 Å². The van der Waals surface area contributed by atoms with E-state index in [2.05, 4.69) is 10.4 Å². The molecule has 1 aliphatic heterocycles. The van der Waals surface area contributed by atoms with E-state index < -0.39 is 0 Å². The molecule has 150 valence electrons. The summed E-state index contributed by atoms with van der Waals surface area (Å²) in [5.41, 5.74) is 4.23. The predicted octanol–water partition coefficient (Wildman–Crippen LogP) is 4.30. The monoisotopic (exact) mass is 391 g/mol. The van der Waals surface area contributed by atoms with Gasteiger partial charge in [-0.25, -0.2) is 4.68 Å². The maximum absolute atomic E-state index is 12.6. The lowest BCUT2D eigenvalue weighted by Crippen LogP contribution is -2.16. The minimum absolute atomic E-state index is 0.161. The van der Waals surface area contributed by atoms with Gasteiger partial charge in [-0.15, -0.1) is 0 Å². The minimum atomic E-state index is -0.166. The molecule has 2 heterocycles. The zero-order valence-electron chi connectivity index (χ0n) is 16.7. The van der Waals surface area contributed by atoms with E-state index in [1.807, 2.05) is 61.0 Å². The number of carbonyl (C=O) groups excluding carboxylic acids is 1. The first-order valence-corrected chi connectivity index (χ1v) is 9.88. The van der Waals surface area contributed by atoms with Crippen LogP contribution in [0.5, 0.6) is 5.75 Å². The number of nitrogens with one attached hydrogen (secondary N) is 1. The molecule has 6 heteroatoms. The fraction of sp³-hybridized carbons (Fsp3) is 0.304. The summed E-state index contributed by atoms with van der Waals surface area (Å²) in [6, 6.07) is 16.9. The van der Waals surface area contributed by atoms with Gasteiger partial charge >= 0.3 is 0 Å². The van der Waals surface area contributed by atoms with Gasteiger partial charge in [0.25, 0.3) is 5.91 Å². The van der Waals surface area contributed by atoms with E-state index in [9.17, 15) is 4.79 Å².